The lowest BCUT2D eigenvalue weighted by atomic mass is 10.0. The third kappa shape index (κ3) is 2.83. The van der Waals surface area contributed by atoms with Crippen molar-refractivity contribution in [2.75, 3.05) is 6.54 Å². The van der Waals surface area contributed by atoms with Crippen molar-refractivity contribution < 1.29 is 9.59 Å². The van der Waals surface area contributed by atoms with Crippen LogP contribution in [-0.2, 0) is 4.79 Å². The molecule has 1 saturated heterocycles. The molecule has 3 rings (SSSR count). The average Bonchev–Trinajstić information content (AvgIpc) is 2.82. The molecule has 0 atom stereocenters. The molecule has 22 heavy (non-hydrogen) atoms. The maximum Gasteiger partial charge on any atom is 0.293 e. The molecule has 0 radical (unpaired) electrons. The average molecular weight is 309 g/mol. The van der Waals surface area contributed by atoms with Gasteiger partial charge in [0.05, 0.1) is 4.91 Å². The van der Waals surface area contributed by atoms with Gasteiger partial charge in [0, 0.05) is 6.54 Å². The van der Waals surface area contributed by atoms with E-state index in [1.165, 1.54) is 4.90 Å². The molecular weight excluding hydrogens is 294 g/mol. The number of benzene rings is 2. The third-order valence-electron chi connectivity index (χ3n) is 3.51. The van der Waals surface area contributed by atoms with Crippen LogP contribution in [0.5, 0.6) is 0 Å². The molecule has 0 bridgehead atoms. The predicted octanol–water partition coefficient (Wildman–Crippen LogP) is 4.41. The van der Waals surface area contributed by atoms with E-state index in [1.54, 1.807) is 13.0 Å². The minimum absolute atomic E-state index is 0.195. The molecule has 2 aromatic rings. The van der Waals surface area contributed by atoms with Gasteiger partial charge in [-0.1, -0.05) is 54.6 Å². The lowest BCUT2D eigenvalue weighted by molar-refractivity contribution is -0.122. The molecule has 1 fully saturated rings. The molecule has 1 aliphatic rings. The number of carbonyl (C=O) groups is 2. The summed E-state index contributed by atoms with van der Waals surface area (Å²) in [5.74, 6) is -0.204. The summed E-state index contributed by atoms with van der Waals surface area (Å²) in [4.78, 5) is 25.5. The molecule has 0 spiro atoms. The fourth-order valence-corrected chi connectivity index (χ4v) is 3.23. The molecule has 4 heteroatoms. The Hall–Kier alpha value is -2.33. The number of carbonyl (C=O) groups excluding carboxylic acids is 2. The van der Waals surface area contributed by atoms with Gasteiger partial charge in [0.1, 0.15) is 0 Å². The van der Waals surface area contributed by atoms with E-state index in [0.29, 0.717) is 11.4 Å². The molecule has 1 heterocycles. The zero-order valence-electron chi connectivity index (χ0n) is 12.2. The van der Waals surface area contributed by atoms with Crippen molar-refractivity contribution in [1.29, 1.82) is 0 Å². The quantitative estimate of drug-likeness (QED) is 0.788. The highest BCUT2D eigenvalue weighted by Gasteiger charge is 2.33. The van der Waals surface area contributed by atoms with Gasteiger partial charge in [-0.2, -0.15) is 0 Å². The number of imide groups is 1. The zero-order valence-corrected chi connectivity index (χ0v) is 13.0. The highest BCUT2D eigenvalue weighted by atomic mass is 32.2. The van der Waals surface area contributed by atoms with Crippen LogP contribution < -0.4 is 0 Å². The van der Waals surface area contributed by atoms with Crippen LogP contribution >= 0.6 is 11.8 Å². The molecule has 0 aromatic heterocycles. The molecule has 110 valence electrons. The normalized spacial score (nSPS) is 16.6. The highest BCUT2D eigenvalue weighted by Crippen LogP contribution is 2.32. The maximum absolute atomic E-state index is 12.1. The van der Waals surface area contributed by atoms with Crippen molar-refractivity contribution in [3.8, 4) is 11.1 Å². The van der Waals surface area contributed by atoms with Crippen LogP contribution in [0.15, 0.2) is 59.5 Å². The second-order valence-corrected chi connectivity index (χ2v) is 5.91. The smallest absolute Gasteiger partial charge is 0.269 e. The summed E-state index contributed by atoms with van der Waals surface area (Å²) in [5.41, 5.74) is 3.20. The maximum atomic E-state index is 12.1. The Kier molecular flexibility index (Phi) is 4.11. The molecule has 2 amide bonds. The summed E-state index contributed by atoms with van der Waals surface area (Å²) in [6.45, 7) is 2.21. The third-order valence-corrected chi connectivity index (χ3v) is 4.41. The predicted molar refractivity (Wildman–Crippen MR) is 90.2 cm³/mol. The first-order valence-electron chi connectivity index (χ1n) is 7.10. The van der Waals surface area contributed by atoms with Gasteiger partial charge in [-0.15, -0.1) is 0 Å². The Bertz CT molecular complexity index is 735. The largest absolute Gasteiger partial charge is 0.293 e. The SMILES string of the molecule is CCN1C(=O)S/C(=C\c2ccc(-c3ccccc3)cc2)C1=O. The molecule has 2 aromatic carbocycles. The molecule has 1 aliphatic heterocycles. The molecule has 0 aliphatic carbocycles. The Morgan fingerprint density at radius 2 is 1.59 bits per heavy atom. The number of likely N-dealkylation sites (N-methyl/N-ethyl adjacent to an activating group) is 1. The monoisotopic (exact) mass is 309 g/mol. The lowest BCUT2D eigenvalue weighted by Crippen LogP contribution is -2.27. The highest BCUT2D eigenvalue weighted by molar-refractivity contribution is 8.18. The fraction of sp³-hybridized carbons (Fsp3) is 0.111. The number of thioether (sulfide) groups is 1. The fourth-order valence-electron chi connectivity index (χ4n) is 2.33. The first-order chi connectivity index (χ1) is 10.7. The number of hydrogen-bond acceptors (Lipinski definition) is 3. The van der Waals surface area contributed by atoms with Crippen LogP contribution in [0.2, 0.25) is 0 Å². The summed E-state index contributed by atoms with van der Waals surface area (Å²) in [6, 6.07) is 18.1. The molecule has 3 nitrogen and oxygen atoms in total. The molecule has 0 unspecified atom stereocenters. The number of nitrogens with zero attached hydrogens (tertiary/aromatic N) is 1. The van der Waals surface area contributed by atoms with Gasteiger partial charge >= 0.3 is 0 Å². The summed E-state index contributed by atoms with van der Waals surface area (Å²) >= 11 is 1.00. The van der Waals surface area contributed by atoms with Crippen LogP contribution in [0.1, 0.15) is 12.5 Å². The van der Waals surface area contributed by atoms with Gasteiger partial charge in [-0.25, -0.2) is 0 Å². The minimum atomic E-state index is -0.204. The minimum Gasteiger partial charge on any atom is -0.269 e. The van der Waals surface area contributed by atoms with E-state index in [-0.39, 0.29) is 11.1 Å². The van der Waals surface area contributed by atoms with Crippen LogP contribution in [-0.4, -0.2) is 22.6 Å². The second-order valence-electron chi connectivity index (χ2n) is 4.91. The van der Waals surface area contributed by atoms with Crippen molar-refractivity contribution in [1.82, 2.24) is 4.90 Å². The Labute approximate surface area is 133 Å². The standard InChI is InChI=1S/C18H15NO2S/c1-2-19-17(20)16(22-18(19)21)12-13-8-10-15(11-9-13)14-6-4-3-5-7-14/h3-12H,2H2,1H3/b16-12-. The van der Waals surface area contributed by atoms with E-state index in [2.05, 4.69) is 12.1 Å². The van der Waals surface area contributed by atoms with E-state index in [9.17, 15) is 9.59 Å². The topological polar surface area (TPSA) is 37.4 Å². The van der Waals surface area contributed by atoms with Gasteiger partial charge in [0.2, 0.25) is 0 Å². The van der Waals surface area contributed by atoms with Gasteiger partial charge in [-0.05, 0) is 41.5 Å². The summed E-state index contributed by atoms with van der Waals surface area (Å²) in [5, 5.41) is -0.195. The van der Waals surface area contributed by atoms with Gasteiger partial charge in [0.15, 0.2) is 0 Å². The van der Waals surface area contributed by atoms with Crippen molar-refractivity contribution in [3.63, 3.8) is 0 Å². The van der Waals surface area contributed by atoms with Crippen LogP contribution in [0.4, 0.5) is 4.79 Å². The van der Waals surface area contributed by atoms with E-state index in [4.69, 9.17) is 0 Å². The van der Waals surface area contributed by atoms with E-state index in [0.717, 1.165) is 28.5 Å². The van der Waals surface area contributed by atoms with Crippen molar-refractivity contribution in [3.05, 3.63) is 65.1 Å². The summed E-state index contributed by atoms with van der Waals surface area (Å²) in [6.07, 6.45) is 1.77. The summed E-state index contributed by atoms with van der Waals surface area (Å²) < 4.78 is 0. The lowest BCUT2D eigenvalue weighted by Gasteiger charge is -2.07. The molecular formula is C18H15NO2S. The number of rotatable bonds is 3. The second kappa shape index (κ2) is 6.20. The first-order valence-corrected chi connectivity index (χ1v) is 7.91. The van der Waals surface area contributed by atoms with E-state index < -0.39 is 0 Å². The van der Waals surface area contributed by atoms with Crippen molar-refractivity contribution in [2.24, 2.45) is 0 Å². The van der Waals surface area contributed by atoms with Gasteiger partial charge in [0.25, 0.3) is 11.1 Å². The summed E-state index contributed by atoms with van der Waals surface area (Å²) in [7, 11) is 0. The number of hydrogen-bond donors (Lipinski definition) is 0. The van der Waals surface area contributed by atoms with Gasteiger partial charge < -0.3 is 0 Å². The van der Waals surface area contributed by atoms with Crippen molar-refractivity contribution in [2.45, 2.75) is 6.92 Å². The first kappa shape index (κ1) is 14.6. The van der Waals surface area contributed by atoms with Gasteiger partial charge in [-0.3, -0.25) is 14.5 Å². The van der Waals surface area contributed by atoms with Crippen LogP contribution in [0, 0.1) is 0 Å². The van der Waals surface area contributed by atoms with E-state index >= 15 is 0 Å². The van der Waals surface area contributed by atoms with Crippen molar-refractivity contribution >= 4 is 29.0 Å². The molecule has 0 saturated carbocycles. The van der Waals surface area contributed by atoms with Crippen LogP contribution in [0.25, 0.3) is 17.2 Å². The molecule has 0 N–H and O–H groups in total. The number of amides is 2. The Morgan fingerprint density at radius 3 is 2.18 bits per heavy atom. The Balaban J connectivity index is 1.84. The zero-order chi connectivity index (χ0) is 15.5. The Morgan fingerprint density at radius 1 is 0.955 bits per heavy atom. The van der Waals surface area contributed by atoms with E-state index in [1.807, 2.05) is 42.5 Å². The van der Waals surface area contributed by atoms with Crippen LogP contribution in [0.3, 0.4) is 0 Å².